The van der Waals surface area contributed by atoms with Crippen molar-refractivity contribution >= 4 is 10.0 Å². The van der Waals surface area contributed by atoms with Crippen LogP contribution in [0.1, 0.15) is 11.1 Å². The number of morpholine rings is 1. The molecule has 152 valence electrons. The van der Waals surface area contributed by atoms with Gasteiger partial charge in [-0.1, -0.05) is 24.3 Å². The van der Waals surface area contributed by atoms with Crippen LogP contribution in [0.25, 0.3) is 0 Å². The zero-order chi connectivity index (χ0) is 20.0. The molecule has 0 atom stereocenters. The lowest BCUT2D eigenvalue weighted by Crippen LogP contribution is -2.35. The minimum atomic E-state index is -3.67. The molecule has 1 saturated heterocycles. The van der Waals surface area contributed by atoms with E-state index in [-0.39, 0.29) is 11.4 Å². The molecule has 2 aromatic rings. The molecule has 1 heterocycles. The van der Waals surface area contributed by atoms with E-state index >= 15 is 0 Å². The van der Waals surface area contributed by atoms with Crippen LogP contribution in [0.15, 0.2) is 47.4 Å². The third kappa shape index (κ3) is 5.23. The average molecular weight is 407 g/mol. The van der Waals surface area contributed by atoms with Gasteiger partial charge in [-0.05, 0) is 23.3 Å². The van der Waals surface area contributed by atoms with Crippen LogP contribution in [0.2, 0.25) is 0 Å². The van der Waals surface area contributed by atoms with Gasteiger partial charge in [-0.15, -0.1) is 0 Å². The molecule has 1 N–H and O–H groups in total. The van der Waals surface area contributed by atoms with Gasteiger partial charge in [0.1, 0.15) is 0 Å². The van der Waals surface area contributed by atoms with Crippen molar-refractivity contribution in [2.45, 2.75) is 18.0 Å². The SMILES string of the molecule is COc1ccc(S(=O)(=O)NCc2cccc(CN3CCOCC3)c2)cc1OC. The molecular formula is C20H26N2O5S. The lowest BCUT2D eigenvalue weighted by molar-refractivity contribution is 0.0342. The zero-order valence-electron chi connectivity index (χ0n) is 16.2. The fraction of sp³-hybridized carbons (Fsp3) is 0.400. The maximum absolute atomic E-state index is 12.6. The number of rotatable bonds is 8. The summed E-state index contributed by atoms with van der Waals surface area (Å²) in [5.41, 5.74) is 2.07. The summed E-state index contributed by atoms with van der Waals surface area (Å²) in [6.07, 6.45) is 0. The second-order valence-corrected chi connectivity index (χ2v) is 8.32. The Morgan fingerprint density at radius 1 is 1.00 bits per heavy atom. The Morgan fingerprint density at radius 3 is 2.43 bits per heavy atom. The van der Waals surface area contributed by atoms with Gasteiger partial charge < -0.3 is 14.2 Å². The molecule has 1 aliphatic heterocycles. The minimum absolute atomic E-state index is 0.134. The molecule has 0 radical (unpaired) electrons. The Hall–Kier alpha value is -2.13. The molecule has 0 unspecified atom stereocenters. The number of nitrogens with one attached hydrogen (secondary N) is 1. The molecule has 0 spiro atoms. The molecule has 0 bridgehead atoms. The molecule has 7 nitrogen and oxygen atoms in total. The van der Waals surface area contributed by atoms with Crippen LogP contribution in [0.4, 0.5) is 0 Å². The molecule has 0 aliphatic carbocycles. The van der Waals surface area contributed by atoms with Crippen LogP contribution in [-0.4, -0.2) is 53.8 Å². The van der Waals surface area contributed by atoms with E-state index in [0.29, 0.717) is 11.5 Å². The number of hydrogen-bond donors (Lipinski definition) is 1. The zero-order valence-corrected chi connectivity index (χ0v) is 17.0. The minimum Gasteiger partial charge on any atom is -0.493 e. The summed E-state index contributed by atoms with van der Waals surface area (Å²) < 4.78 is 43.7. The highest BCUT2D eigenvalue weighted by molar-refractivity contribution is 7.89. The van der Waals surface area contributed by atoms with E-state index in [0.717, 1.165) is 44.0 Å². The second-order valence-electron chi connectivity index (χ2n) is 6.55. The van der Waals surface area contributed by atoms with E-state index in [4.69, 9.17) is 14.2 Å². The first-order valence-electron chi connectivity index (χ1n) is 9.11. The van der Waals surface area contributed by atoms with E-state index in [2.05, 4.69) is 15.7 Å². The first-order valence-corrected chi connectivity index (χ1v) is 10.6. The first-order chi connectivity index (χ1) is 13.5. The van der Waals surface area contributed by atoms with Crippen molar-refractivity contribution in [3.63, 3.8) is 0 Å². The standard InChI is InChI=1S/C20H26N2O5S/c1-25-19-7-6-18(13-20(19)26-2)28(23,24)21-14-16-4-3-5-17(12-16)15-22-8-10-27-11-9-22/h3-7,12-13,21H,8-11,14-15H2,1-2H3. The van der Waals surface area contributed by atoms with Crippen molar-refractivity contribution in [3.05, 3.63) is 53.6 Å². The predicted octanol–water partition coefficient (Wildman–Crippen LogP) is 2.01. The van der Waals surface area contributed by atoms with Crippen LogP contribution in [0.5, 0.6) is 11.5 Å². The maximum Gasteiger partial charge on any atom is 0.241 e. The molecule has 0 amide bonds. The molecule has 2 aromatic carbocycles. The summed E-state index contributed by atoms with van der Waals surface area (Å²) in [6, 6.07) is 12.5. The van der Waals surface area contributed by atoms with E-state index in [1.807, 2.05) is 18.2 Å². The molecule has 1 fully saturated rings. The molecule has 0 saturated carbocycles. The van der Waals surface area contributed by atoms with Gasteiger partial charge in [0.15, 0.2) is 11.5 Å². The van der Waals surface area contributed by atoms with Gasteiger partial charge in [0.25, 0.3) is 0 Å². The number of methoxy groups -OCH3 is 2. The normalized spacial score (nSPS) is 15.4. The summed E-state index contributed by atoms with van der Waals surface area (Å²) >= 11 is 0. The van der Waals surface area contributed by atoms with Crippen molar-refractivity contribution in [1.29, 1.82) is 0 Å². The lowest BCUT2D eigenvalue weighted by Gasteiger charge is -2.26. The van der Waals surface area contributed by atoms with Crippen LogP contribution < -0.4 is 14.2 Å². The van der Waals surface area contributed by atoms with Gasteiger partial charge in [0, 0.05) is 32.2 Å². The molecule has 3 rings (SSSR count). The van der Waals surface area contributed by atoms with Gasteiger partial charge in [-0.2, -0.15) is 0 Å². The van der Waals surface area contributed by atoms with Gasteiger partial charge in [0.2, 0.25) is 10.0 Å². The van der Waals surface area contributed by atoms with Gasteiger partial charge >= 0.3 is 0 Å². The second kappa shape index (κ2) is 9.38. The summed E-state index contributed by atoms with van der Waals surface area (Å²) in [5.74, 6) is 0.857. The smallest absolute Gasteiger partial charge is 0.241 e. The Bertz CT molecular complexity index is 895. The molecule has 1 aliphatic rings. The van der Waals surface area contributed by atoms with Crippen molar-refractivity contribution in [2.24, 2.45) is 0 Å². The van der Waals surface area contributed by atoms with Crippen LogP contribution in [-0.2, 0) is 27.8 Å². The Morgan fingerprint density at radius 2 is 1.71 bits per heavy atom. The van der Waals surface area contributed by atoms with Gasteiger partial charge in [-0.25, -0.2) is 13.1 Å². The first kappa shape index (κ1) is 20.6. The van der Waals surface area contributed by atoms with Crippen LogP contribution >= 0.6 is 0 Å². The molecule has 0 aromatic heterocycles. The molecular weight excluding hydrogens is 380 g/mol. The largest absolute Gasteiger partial charge is 0.493 e. The van der Waals surface area contributed by atoms with E-state index in [1.165, 1.54) is 26.4 Å². The van der Waals surface area contributed by atoms with Crippen LogP contribution in [0.3, 0.4) is 0 Å². The highest BCUT2D eigenvalue weighted by atomic mass is 32.2. The van der Waals surface area contributed by atoms with Crippen molar-refractivity contribution in [1.82, 2.24) is 9.62 Å². The van der Waals surface area contributed by atoms with E-state index in [9.17, 15) is 8.42 Å². The number of ether oxygens (including phenoxy) is 3. The van der Waals surface area contributed by atoms with Gasteiger partial charge in [-0.3, -0.25) is 4.90 Å². The van der Waals surface area contributed by atoms with Crippen molar-refractivity contribution in [2.75, 3.05) is 40.5 Å². The molecule has 8 heteroatoms. The predicted molar refractivity (Wildman–Crippen MR) is 106 cm³/mol. The molecule has 28 heavy (non-hydrogen) atoms. The maximum atomic E-state index is 12.6. The number of benzene rings is 2. The fourth-order valence-corrected chi connectivity index (χ4v) is 4.13. The van der Waals surface area contributed by atoms with Gasteiger partial charge in [0.05, 0.1) is 32.3 Å². The van der Waals surface area contributed by atoms with Crippen molar-refractivity contribution < 1.29 is 22.6 Å². The fourth-order valence-electron chi connectivity index (χ4n) is 3.10. The average Bonchev–Trinajstić information content (AvgIpc) is 2.73. The van der Waals surface area contributed by atoms with Crippen LogP contribution in [0, 0.1) is 0 Å². The Labute approximate surface area is 166 Å². The van der Waals surface area contributed by atoms with E-state index in [1.54, 1.807) is 6.07 Å². The summed E-state index contributed by atoms with van der Waals surface area (Å²) in [6.45, 7) is 4.38. The summed E-state index contributed by atoms with van der Waals surface area (Å²) in [4.78, 5) is 2.46. The Balaban J connectivity index is 1.66. The lowest BCUT2D eigenvalue weighted by atomic mass is 10.1. The van der Waals surface area contributed by atoms with E-state index < -0.39 is 10.0 Å². The van der Waals surface area contributed by atoms with Crippen molar-refractivity contribution in [3.8, 4) is 11.5 Å². The third-order valence-corrected chi connectivity index (χ3v) is 6.03. The number of nitrogens with zero attached hydrogens (tertiary/aromatic N) is 1. The Kier molecular flexibility index (Phi) is 6.90. The highest BCUT2D eigenvalue weighted by Crippen LogP contribution is 2.29. The quantitative estimate of drug-likeness (QED) is 0.723. The monoisotopic (exact) mass is 406 g/mol. The summed E-state index contributed by atoms with van der Waals surface area (Å²) in [5, 5.41) is 0. The number of hydrogen-bond acceptors (Lipinski definition) is 6. The topological polar surface area (TPSA) is 77.1 Å². The third-order valence-electron chi connectivity index (χ3n) is 4.63. The number of sulfonamides is 1. The highest BCUT2D eigenvalue weighted by Gasteiger charge is 2.17. The summed E-state index contributed by atoms with van der Waals surface area (Å²) in [7, 11) is -0.687.